The van der Waals surface area contributed by atoms with Gasteiger partial charge < -0.3 is 23.7 Å². The fourth-order valence-corrected chi connectivity index (χ4v) is 3.74. The molecule has 3 heterocycles. The number of fused-ring (bicyclic) bond motifs is 3. The van der Waals surface area contributed by atoms with Crippen LogP contribution in [-0.2, 0) is 11.3 Å². The van der Waals surface area contributed by atoms with Gasteiger partial charge in [0.1, 0.15) is 11.3 Å². The number of carbonyl (C=O) groups is 1. The number of benzene rings is 1. The minimum absolute atomic E-state index is 0.327. The Labute approximate surface area is 145 Å². The van der Waals surface area contributed by atoms with Gasteiger partial charge in [-0.15, -0.1) is 0 Å². The number of esters is 1. The van der Waals surface area contributed by atoms with Crippen molar-refractivity contribution in [2.24, 2.45) is 0 Å². The summed E-state index contributed by atoms with van der Waals surface area (Å²) >= 11 is 0. The molecular weight excluding hydrogens is 320 g/mol. The molecule has 0 aliphatic carbocycles. The van der Waals surface area contributed by atoms with E-state index in [1.165, 1.54) is 20.0 Å². The number of para-hydroxylation sites is 1. The molecule has 2 aromatic heterocycles. The summed E-state index contributed by atoms with van der Waals surface area (Å²) in [5.74, 6) is -0.427. The summed E-state index contributed by atoms with van der Waals surface area (Å²) in [7, 11) is 1.36. The third kappa shape index (κ3) is 2.92. The van der Waals surface area contributed by atoms with Crippen molar-refractivity contribution in [2.75, 3.05) is 26.7 Å². The van der Waals surface area contributed by atoms with Crippen molar-refractivity contribution in [3.63, 3.8) is 0 Å². The quantitative estimate of drug-likeness (QED) is 0.722. The minimum atomic E-state index is -0.564. The summed E-state index contributed by atoms with van der Waals surface area (Å²) in [6.07, 6.45) is 1.80. The number of methoxy groups -OCH3 is 1. The first-order valence-electron chi connectivity index (χ1n) is 8.67. The van der Waals surface area contributed by atoms with Crippen LogP contribution < -0.4 is 0 Å². The van der Waals surface area contributed by atoms with E-state index in [-0.39, 0.29) is 0 Å². The molecule has 1 aliphatic rings. The van der Waals surface area contributed by atoms with E-state index < -0.39 is 12.1 Å². The lowest BCUT2D eigenvalue weighted by Crippen LogP contribution is -2.33. The van der Waals surface area contributed by atoms with Gasteiger partial charge in [0.05, 0.1) is 25.3 Å². The van der Waals surface area contributed by atoms with Crippen molar-refractivity contribution >= 4 is 28.0 Å². The van der Waals surface area contributed by atoms with E-state index in [2.05, 4.69) is 4.90 Å². The van der Waals surface area contributed by atoms with Crippen molar-refractivity contribution < 1.29 is 19.1 Å². The first kappa shape index (κ1) is 16.2. The zero-order valence-corrected chi connectivity index (χ0v) is 14.3. The van der Waals surface area contributed by atoms with Crippen LogP contribution in [0.5, 0.6) is 0 Å². The van der Waals surface area contributed by atoms with Gasteiger partial charge in [-0.3, -0.25) is 0 Å². The zero-order chi connectivity index (χ0) is 17.4. The molecule has 1 N–H and O–H groups in total. The fraction of sp³-hybridized carbons (Fsp3) is 0.421. The Kier molecular flexibility index (Phi) is 4.23. The van der Waals surface area contributed by atoms with Gasteiger partial charge in [-0.05, 0) is 38.1 Å². The molecule has 0 bridgehead atoms. The van der Waals surface area contributed by atoms with Crippen LogP contribution >= 0.6 is 0 Å². The predicted octanol–water partition coefficient (Wildman–Crippen LogP) is 2.63. The smallest absolute Gasteiger partial charge is 0.354 e. The molecule has 3 aromatic rings. The van der Waals surface area contributed by atoms with E-state index in [4.69, 9.17) is 9.15 Å². The Bertz CT molecular complexity index is 905. The molecule has 4 rings (SSSR count). The van der Waals surface area contributed by atoms with Crippen molar-refractivity contribution in [1.29, 1.82) is 0 Å². The van der Waals surface area contributed by atoms with Gasteiger partial charge in [0.25, 0.3) is 0 Å². The van der Waals surface area contributed by atoms with Gasteiger partial charge in [0.2, 0.25) is 0 Å². The fourth-order valence-electron chi connectivity index (χ4n) is 3.74. The predicted molar refractivity (Wildman–Crippen MR) is 94.7 cm³/mol. The van der Waals surface area contributed by atoms with E-state index in [1.807, 2.05) is 28.8 Å². The summed E-state index contributed by atoms with van der Waals surface area (Å²) < 4.78 is 12.6. The molecule has 0 saturated carbocycles. The van der Waals surface area contributed by atoms with Gasteiger partial charge in [-0.2, -0.15) is 0 Å². The number of β-amino-alcohol motifs (C(OH)–C–C–N with tert-alkyl or cyclic N) is 1. The van der Waals surface area contributed by atoms with Crippen molar-refractivity contribution in [3.8, 4) is 0 Å². The van der Waals surface area contributed by atoms with Gasteiger partial charge in [0, 0.05) is 18.0 Å². The van der Waals surface area contributed by atoms with Crippen molar-refractivity contribution in [2.45, 2.75) is 25.5 Å². The van der Waals surface area contributed by atoms with Crippen LogP contribution in [0.1, 0.15) is 23.3 Å². The molecule has 132 valence electrons. The molecule has 0 radical (unpaired) electrons. The van der Waals surface area contributed by atoms with Gasteiger partial charge >= 0.3 is 5.97 Å². The molecule has 1 saturated heterocycles. The normalized spacial score (nSPS) is 16.7. The van der Waals surface area contributed by atoms with Gasteiger partial charge in [-0.1, -0.05) is 12.1 Å². The maximum atomic E-state index is 12.2. The number of likely N-dealkylation sites (tertiary alicyclic amines) is 1. The van der Waals surface area contributed by atoms with E-state index in [1.54, 1.807) is 6.07 Å². The lowest BCUT2D eigenvalue weighted by atomic mass is 10.2. The number of aliphatic hydroxyl groups excluding tert-OH is 1. The highest BCUT2D eigenvalue weighted by atomic mass is 16.5. The maximum Gasteiger partial charge on any atom is 0.354 e. The second kappa shape index (κ2) is 6.54. The van der Waals surface area contributed by atoms with Crippen LogP contribution in [-0.4, -0.2) is 53.4 Å². The van der Waals surface area contributed by atoms with E-state index in [0.717, 1.165) is 29.6 Å². The largest absolute Gasteiger partial charge is 0.464 e. The summed E-state index contributed by atoms with van der Waals surface area (Å²) in [6, 6.07) is 9.42. The highest BCUT2D eigenvalue weighted by molar-refractivity contribution is 6.06. The molecule has 1 fully saturated rings. The second-order valence-electron chi connectivity index (χ2n) is 6.60. The maximum absolute atomic E-state index is 12.2. The van der Waals surface area contributed by atoms with Crippen LogP contribution in [0.2, 0.25) is 0 Å². The van der Waals surface area contributed by atoms with Crippen molar-refractivity contribution in [1.82, 2.24) is 9.47 Å². The third-order valence-electron chi connectivity index (χ3n) is 4.88. The topological polar surface area (TPSA) is 67.8 Å². The Hall–Kier alpha value is -2.31. The number of ether oxygens (including phenoxy) is 1. The lowest BCUT2D eigenvalue weighted by molar-refractivity contribution is 0.0581. The Balaban J connectivity index is 1.74. The first-order valence-corrected chi connectivity index (χ1v) is 8.67. The number of furan rings is 1. The zero-order valence-electron chi connectivity index (χ0n) is 14.3. The van der Waals surface area contributed by atoms with E-state index in [9.17, 15) is 9.90 Å². The average Bonchev–Trinajstić information content (AvgIpc) is 3.30. The molecule has 1 atom stereocenters. The van der Waals surface area contributed by atoms with Crippen LogP contribution in [0.25, 0.3) is 22.1 Å². The van der Waals surface area contributed by atoms with Crippen LogP contribution in [0.15, 0.2) is 34.7 Å². The number of hydrogen-bond donors (Lipinski definition) is 1. The summed E-state index contributed by atoms with van der Waals surface area (Å²) in [5.41, 5.74) is 2.64. The molecule has 6 nitrogen and oxygen atoms in total. The standard InChI is InChI=1S/C19H22N2O4/c1-24-19(23)15-10-17-18(14-6-2-3-7-16(14)25-17)21(15)12-13(22)11-20-8-4-5-9-20/h2-3,6-7,10,13,22H,4-5,8-9,11-12H2,1H3/t13-/m0/s1. The first-order chi connectivity index (χ1) is 12.2. The van der Waals surface area contributed by atoms with E-state index >= 15 is 0 Å². The van der Waals surface area contributed by atoms with Crippen LogP contribution in [0, 0.1) is 0 Å². The Morgan fingerprint density at radius 1 is 1.24 bits per heavy atom. The number of carbonyl (C=O) groups excluding carboxylic acids is 1. The third-order valence-corrected chi connectivity index (χ3v) is 4.88. The highest BCUT2D eigenvalue weighted by Crippen LogP contribution is 2.32. The molecule has 0 spiro atoms. The highest BCUT2D eigenvalue weighted by Gasteiger charge is 2.24. The Morgan fingerprint density at radius 3 is 2.76 bits per heavy atom. The number of hydrogen-bond acceptors (Lipinski definition) is 5. The second-order valence-corrected chi connectivity index (χ2v) is 6.60. The summed E-state index contributed by atoms with van der Waals surface area (Å²) in [5, 5.41) is 11.5. The molecule has 6 heteroatoms. The summed E-state index contributed by atoms with van der Waals surface area (Å²) in [4.78, 5) is 14.4. The number of aromatic nitrogens is 1. The SMILES string of the molecule is COC(=O)c1cc2oc3ccccc3c2n1C[C@@H](O)CN1CCCC1. The Morgan fingerprint density at radius 2 is 2.00 bits per heavy atom. The molecular formula is C19H22N2O4. The lowest BCUT2D eigenvalue weighted by Gasteiger charge is -2.20. The molecule has 0 unspecified atom stereocenters. The number of nitrogens with zero attached hydrogens (tertiary/aromatic N) is 2. The number of rotatable bonds is 5. The van der Waals surface area contributed by atoms with Crippen LogP contribution in [0.4, 0.5) is 0 Å². The van der Waals surface area contributed by atoms with Crippen molar-refractivity contribution in [3.05, 3.63) is 36.0 Å². The molecule has 1 aromatic carbocycles. The van der Waals surface area contributed by atoms with E-state index in [0.29, 0.717) is 24.4 Å². The average molecular weight is 342 g/mol. The molecule has 0 amide bonds. The monoisotopic (exact) mass is 342 g/mol. The minimum Gasteiger partial charge on any atom is -0.464 e. The number of aliphatic hydroxyl groups is 1. The summed E-state index contributed by atoms with van der Waals surface area (Å²) in [6.45, 7) is 2.98. The van der Waals surface area contributed by atoms with Gasteiger partial charge in [-0.25, -0.2) is 4.79 Å². The molecule has 1 aliphatic heterocycles. The van der Waals surface area contributed by atoms with Crippen LogP contribution in [0.3, 0.4) is 0 Å². The van der Waals surface area contributed by atoms with Gasteiger partial charge in [0.15, 0.2) is 5.58 Å². The molecule has 25 heavy (non-hydrogen) atoms.